The number of rotatable bonds is 2. The molecule has 0 saturated carbocycles. The van der Waals surface area contributed by atoms with Crippen LogP contribution in [0, 0.1) is 0 Å². The lowest BCUT2D eigenvalue weighted by atomic mass is 9.37. The molecule has 0 aliphatic carbocycles. The molecule has 0 fully saturated rings. The Hall–Kier alpha value is -5.80. The minimum Gasteiger partial charge on any atom is -0.343 e. The highest BCUT2D eigenvalue weighted by Crippen LogP contribution is 2.45. The third kappa shape index (κ3) is 3.84. The molecule has 0 N–H and O–H groups in total. The molecule has 2 nitrogen and oxygen atoms in total. The van der Waals surface area contributed by atoms with Gasteiger partial charge in [0, 0.05) is 41.2 Å². The van der Waals surface area contributed by atoms with Gasteiger partial charge in [-0.3, -0.25) is 0 Å². The molecule has 49 heavy (non-hydrogen) atoms. The summed E-state index contributed by atoms with van der Waals surface area (Å²) in [5.74, 6) is 0. The maximum Gasteiger partial charge on any atom is 0.184 e. The Kier molecular flexibility index (Phi) is 5.74. The predicted octanol–water partition coefficient (Wildman–Crippen LogP) is 11.6. The summed E-state index contributed by atoms with van der Waals surface area (Å²) in [5, 5.41) is 15.9. The average molecular weight is 625 g/mol. The first-order valence-corrected chi connectivity index (χ1v) is 17.7. The molecule has 0 saturated heterocycles. The predicted molar refractivity (Wildman–Crippen MR) is 213 cm³/mol. The van der Waals surface area contributed by atoms with Crippen LogP contribution in [0.2, 0.25) is 12.6 Å². The van der Waals surface area contributed by atoms with Crippen LogP contribution >= 0.6 is 0 Å². The molecule has 2 heterocycles. The van der Waals surface area contributed by atoms with Crippen LogP contribution < -0.4 is 15.3 Å². The van der Waals surface area contributed by atoms with Crippen molar-refractivity contribution in [1.29, 1.82) is 0 Å². The number of nitrogens with zero attached hydrogens (tertiary/aromatic N) is 2. The van der Waals surface area contributed by atoms with E-state index in [9.17, 15) is 0 Å². The second kappa shape index (κ2) is 10.4. The molecule has 0 unspecified atom stereocenters. The first-order valence-electron chi connectivity index (χ1n) is 17.7. The highest BCUT2D eigenvalue weighted by Gasteiger charge is 2.36. The summed E-state index contributed by atoms with van der Waals surface area (Å²) in [6, 6.07) is 56.7. The van der Waals surface area contributed by atoms with E-state index in [4.69, 9.17) is 0 Å². The van der Waals surface area contributed by atoms with E-state index < -0.39 is 0 Å². The number of fused-ring (bicyclic) bond motifs is 12. The zero-order valence-corrected chi connectivity index (χ0v) is 27.2. The van der Waals surface area contributed by atoms with E-state index in [1.807, 2.05) is 0 Å². The lowest BCUT2D eigenvalue weighted by Crippen LogP contribution is -2.49. The van der Waals surface area contributed by atoms with Crippen molar-refractivity contribution < 1.29 is 0 Å². The molecule has 3 heteroatoms. The molecule has 9 aromatic carbocycles. The van der Waals surface area contributed by atoms with Crippen LogP contribution in [0.5, 0.6) is 0 Å². The highest BCUT2D eigenvalue weighted by atomic mass is 15.2. The molecule has 0 bridgehead atoms. The van der Waals surface area contributed by atoms with Gasteiger partial charge in [-0.05, 0) is 95.0 Å². The van der Waals surface area contributed by atoms with Crippen LogP contribution in [-0.4, -0.2) is 19.8 Å². The van der Waals surface area contributed by atoms with Crippen LogP contribution in [0.1, 0.15) is 0 Å². The van der Waals surface area contributed by atoms with E-state index in [-0.39, 0.29) is 0 Å². The fourth-order valence-electron chi connectivity index (χ4n) is 9.42. The molecule has 0 spiro atoms. The van der Waals surface area contributed by atoms with Crippen molar-refractivity contribution in [2.24, 2.45) is 0 Å². The Morgan fingerprint density at radius 1 is 0.347 bits per heavy atom. The van der Waals surface area contributed by atoms with Gasteiger partial charge in [-0.2, -0.15) is 0 Å². The largest absolute Gasteiger partial charge is 0.343 e. The van der Waals surface area contributed by atoms with Gasteiger partial charge in [-0.25, -0.2) is 0 Å². The quantitative estimate of drug-likeness (QED) is 0.139. The zero-order chi connectivity index (χ0) is 32.1. The number of anilines is 4. The lowest BCUT2D eigenvalue weighted by Gasteiger charge is -2.42. The third-order valence-electron chi connectivity index (χ3n) is 11.5. The summed E-state index contributed by atoms with van der Waals surface area (Å²) in [6.45, 7) is 2.62. The SMILES string of the molecule is c1cc2c3c(c1)N(c1cccc4c5ccccc5c5ccccc5c14)CCB3CCN2c1ccc2c3ccccc3c3ccccc3c2c1. The highest BCUT2D eigenvalue weighted by molar-refractivity contribution is 6.77. The minimum atomic E-state index is 0.566. The molecule has 2 aliphatic rings. The monoisotopic (exact) mass is 624 g/mol. The summed E-state index contributed by atoms with van der Waals surface area (Å²) in [5.41, 5.74) is 6.82. The second-order valence-electron chi connectivity index (χ2n) is 13.9. The van der Waals surface area contributed by atoms with E-state index in [0.717, 1.165) is 25.7 Å². The first kappa shape index (κ1) is 27.2. The van der Waals surface area contributed by atoms with Crippen LogP contribution in [0.4, 0.5) is 22.7 Å². The second-order valence-corrected chi connectivity index (χ2v) is 13.9. The van der Waals surface area contributed by atoms with Crippen molar-refractivity contribution in [3.8, 4) is 0 Å². The van der Waals surface area contributed by atoms with Gasteiger partial charge in [0.25, 0.3) is 0 Å². The number of benzene rings is 9. The first-order chi connectivity index (χ1) is 24.3. The molecule has 0 atom stereocenters. The molecule has 2 aliphatic heterocycles. The smallest absolute Gasteiger partial charge is 0.184 e. The molecule has 0 amide bonds. The lowest BCUT2D eigenvalue weighted by molar-refractivity contribution is 0.946. The van der Waals surface area contributed by atoms with Crippen LogP contribution in [0.3, 0.4) is 0 Å². The zero-order valence-electron chi connectivity index (χ0n) is 27.2. The number of hydrogen-bond donors (Lipinski definition) is 0. The van der Waals surface area contributed by atoms with Gasteiger partial charge in [-0.15, -0.1) is 0 Å². The van der Waals surface area contributed by atoms with Gasteiger partial charge in [-0.1, -0.05) is 134 Å². The fraction of sp³-hybridized carbons (Fsp3) is 0.0870. The van der Waals surface area contributed by atoms with E-state index in [0.29, 0.717) is 6.71 Å². The molecular formula is C46H33BN2. The Morgan fingerprint density at radius 2 is 0.755 bits per heavy atom. The standard InChI is InChI=1S/C46H33BN2/c1-2-13-33-31(11-1)32-12-4-6-17-37(32)41-29-30(23-24-38(33)41)48-27-25-47-26-28-49(44-22-10-21-43(48)46(44)47)42-20-9-19-40-36-15-5-3-14-34(36)35-16-7-8-18-39(35)45(40)42/h1-24,29H,25-28H2. The summed E-state index contributed by atoms with van der Waals surface area (Å²) < 4.78 is 0. The van der Waals surface area contributed by atoms with Crippen molar-refractivity contribution in [2.75, 3.05) is 22.9 Å². The van der Waals surface area contributed by atoms with E-state index >= 15 is 0 Å². The maximum absolute atomic E-state index is 2.63. The van der Waals surface area contributed by atoms with Gasteiger partial charge in [0.15, 0.2) is 6.71 Å². The summed E-state index contributed by atoms with van der Waals surface area (Å²) >= 11 is 0. The molecule has 11 rings (SSSR count). The van der Waals surface area contributed by atoms with Gasteiger partial charge in [0.2, 0.25) is 0 Å². The fourth-order valence-corrected chi connectivity index (χ4v) is 9.42. The minimum absolute atomic E-state index is 0.566. The summed E-state index contributed by atoms with van der Waals surface area (Å²) in [6.07, 6.45) is 2.32. The molecule has 230 valence electrons. The van der Waals surface area contributed by atoms with Crippen molar-refractivity contribution in [2.45, 2.75) is 12.6 Å². The van der Waals surface area contributed by atoms with Crippen LogP contribution in [-0.2, 0) is 0 Å². The Morgan fingerprint density at radius 3 is 1.35 bits per heavy atom. The summed E-state index contributed by atoms with van der Waals surface area (Å²) in [7, 11) is 0. The normalized spacial score (nSPS) is 14.5. The van der Waals surface area contributed by atoms with Gasteiger partial charge in [0.05, 0.1) is 0 Å². The van der Waals surface area contributed by atoms with E-state index in [2.05, 4.69) is 161 Å². The van der Waals surface area contributed by atoms with Gasteiger partial charge >= 0.3 is 0 Å². The van der Waals surface area contributed by atoms with E-state index in [1.165, 1.54) is 92.8 Å². The third-order valence-corrected chi connectivity index (χ3v) is 11.5. The molecule has 0 aromatic heterocycles. The van der Waals surface area contributed by atoms with E-state index in [1.54, 1.807) is 0 Å². The Labute approximate surface area is 285 Å². The topological polar surface area (TPSA) is 6.48 Å². The Balaban J connectivity index is 1.10. The van der Waals surface area contributed by atoms with Crippen LogP contribution in [0.25, 0.3) is 64.6 Å². The van der Waals surface area contributed by atoms with Crippen molar-refractivity contribution >= 4 is 99.6 Å². The van der Waals surface area contributed by atoms with Gasteiger partial charge < -0.3 is 9.80 Å². The van der Waals surface area contributed by atoms with Crippen molar-refractivity contribution in [3.05, 3.63) is 152 Å². The molecule has 0 radical (unpaired) electrons. The maximum atomic E-state index is 2.63. The van der Waals surface area contributed by atoms with Crippen molar-refractivity contribution in [3.63, 3.8) is 0 Å². The Bertz CT molecular complexity index is 2740. The average Bonchev–Trinajstić information content (AvgIpc) is 3.18. The van der Waals surface area contributed by atoms with Crippen LogP contribution in [0.15, 0.2) is 152 Å². The molecule has 9 aromatic rings. The number of hydrogen-bond acceptors (Lipinski definition) is 2. The van der Waals surface area contributed by atoms with Crippen molar-refractivity contribution in [1.82, 2.24) is 0 Å². The summed E-state index contributed by atoms with van der Waals surface area (Å²) in [4.78, 5) is 5.22. The van der Waals surface area contributed by atoms with Gasteiger partial charge in [0.1, 0.15) is 0 Å². The molecular weight excluding hydrogens is 591 g/mol.